The molecule has 0 atom stereocenters. The Bertz CT molecular complexity index is 1080. The molecule has 160 valence electrons. The SMILES string of the molecule is C=C(C)C1=c2c(c3c([n+](C)/c2=C/C)/C(=C(/C=C/C)CC(C)C)N(C(=C)C)C3)CCC1. The third-order valence-electron chi connectivity index (χ3n) is 6.42. The first kappa shape index (κ1) is 22.3. The summed E-state index contributed by atoms with van der Waals surface area (Å²) >= 11 is 0. The number of nitrogens with zero attached hydrogens (tertiary/aromatic N) is 2. The van der Waals surface area contributed by atoms with Crippen LogP contribution in [0, 0.1) is 5.92 Å². The van der Waals surface area contributed by atoms with E-state index >= 15 is 0 Å². The predicted octanol–water partition coefficient (Wildman–Crippen LogP) is 5.06. The van der Waals surface area contributed by atoms with Crippen LogP contribution < -0.4 is 15.1 Å². The van der Waals surface area contributed by atoms with Crippen molar-refractivity contribution in [1.29, 1.82) is 0 Å². The molecular formula is C28H39N2+. The van der Waals surface area contributed by atoms with Gasteiger partial charge in [-0.2, -0.15) is 4.57 Å². The summed E-state index contributed by atoms with van der Waals surface area (Å²) in [7, 11) is 2.24. The van der Waals surface area contributed by atoms with Crippen molar-refractivity contribution >= 4 is 17.3 Å². The van der Waals surface area contributed by atoms with Crippen LogP contribution in [0.15, 0.2) is 42.2 Å². The third kappa shape index (κ3) is 3.73. The Hall–Kier alpha value is -2.35. The number of aromatic nitrogens is 1. The van der Waals surface area contributed by atoms with E-state index in [0.717, 1.165) is 31.5 Å². The summed E-state index contributed by atoms with van der Waals surface area (Å²) in [5.41, 5.74) is 10.9. The maximum absolute atomic E-state index is 4.35. The lowest BCUT2D eigenvalue weighted by Gasteiger charge is -2.22. The predicted molar refractivity (Wildman–Crippen MR) is 130 cm³/mol. The topological polar surface area (TPSA) is 7.12 Å². The molecule has 0 aromatic carbocycles. The molecule has 1 aliphatic heterocycles. The van der Waals surface area contributed by atoms with Crippen molar-refractivity contribution in [3.05, 3.63) is 69.5 Å². The van der Waals surface area contributed by atoms with Crippen LogP contribution in [-0.2, 0) is 20.0 Å². The lowest BCUT2D eigenvalue weighted by molar-refractivity contribution is -0.687. The van der Waals surface area contributed by atoms with Gasteiger partial charge in [0.15, 0.2) is 0 Å². The first-order chi connectivity index (χ1) is 14.2. The number of hydrogen-bond donors (Lipinski definition) is 0. The Morgan fingerprint density at radius 2 is 1.83 bits per heavy atom. The molecule has 1 aliphatic carbocycles. The second kappa shape index (κ2) is 8.79. The molecule has 2 heterocycles. The average molecular weight is 404 g/mol. The quantitative estimate of drug-likeness (QED) is 0.624. The number of pyridine rings is 1. The summed E-state index contributed by atoms with van der Waals surface area (Å²) in [6.45, 7) is 22.8. The second-order valence-electron chi connectivity index (χ2n) is 9.32. The van der Waals surface area contributed by atoms with Crippen LogP contribution in [0.3, 0.4) is 0 Å². The van der Waals surface area contributed by atoms with Crippen molar-refractivity contribution < 1.29 is 4.57 Å². The van der Waals surface area contributed by atoms with Gasteiger partial charge in [0.1, 0.15) is 12.7 Å². The van der Waals surface area contributed by atoms with Gasteiger partial charge < -0.3 is 4.90 Å². The normalized spacial score (nSPS) is 18.3. The van der Waals surface area contributed by atoms with Gasteiger partial charge >= 0.3 is 0 Å². The minimum Gasteiger partial charge on any atom is -0.336 e. The Labute approximate surface area is 183 Å². The van der Waals surface area contributed by atoms with Gasteiger partial charge in [-0.1, -0.05) is 44.7 Å². The molecule has 30 heavy (non-hydrogen) atoms. The highest BCUT2D eigenvalue weighted by Gasteiger charge is 2.38. The number of fused-ring (bicyclic) bond motifs is 3. The summed E-state index contributed by atoms with van der Waals surface area (Å²) in [5, 5.41) is 2.77. The molecular weight excluding hydrogens is 364 g/mol. The maximum atomic E-state index is 4.35. The van der Waals surface area contributed by atoms with Crippen LogP contribution in [-0.4, -0.2) is 4.90 Å². The van der Waals surface area contributed by atoms with Gasteiger partial charge in [-0.25, -0.2) is 0 Å². The molecule has 0 N–H and O–H groups in total. The van der Waals surface area contributed by atoms with Crippen LogP contribution in [0.5, 0.6) is 0 Å². The molecule has 2 nitrogen and oxygen atoms in total. The van der Waals surface area contributed by atoms with Crippen LogP contribution in [0.1, 0.15) is 77.6 Å². The molecule has 0 spiro atoms. The maximum Gasteiger partial charge on any atom is 0.235 e. The zero-order valence-electron chi connectivity index (χ0n) is 20.2. The fourth-order valence-corrected chi connectivity index (χ4v) is 5.26. The third-order valence-corrected chi connectivity index (χ3v) is 6.42. The smallest absolute Gasteiger partial charge is 0.235 e. The lowest BCUT2D eigenvalue weighted by atomic mass is 9.86. The van der Waals surface area contributed by atoms with Crippen molar-refractivity contribution in [1.82, 2.24) is 4.90 Å². The Kier molecular flexibility index (Phi) is 6.55. The standard InChI is InChI=1S/C28H39N2/c1-10-13-21(16-18(3)4)27-28-24(17-30(27)20(7)8)23-15-12-14-22(19(5)6)26(23)25(11-2)29(28)9/h10-11,13,18H,5,7,12,14-17H2,1-4,6,8-9H3/q+1/b13-10+,25-11+,27-21+. The van der Waals surface area contributed by atoms with Crippen molar-refractivity contribution in [3.8, 4) is 0 Å². The minimum absolute atomic E-state index is 0.600. The molecule has 3 rings (SSSR count). The molecule has 0 fully saturated rings. The van der Waals surface area contributed by atoms with Gasteiger partial charge in [0.05, 0.1) is 11.8 Å². The van der Waals surface area contributed by atoms with E-state index in [2.05, 4.69) is 89.4 Å². The summed E-state index contributed by atoms with van der Waals surface area (Å²) in [4.78, 5) is 2.44. The highest BCUT2D eigenvalue weighted by Crippen LogP contribution is 2.39. The largest absolute Gasteiger partial charge is 0.336 e. The van der Waals surface area contributed by atoms with Gasteiger partial charge in [0.25, 0.3) is 0 Å². The van der Waals surface area contributed by atoms with Crippen LogP contribution in [0.4, 0.5) is 0 Å². The fourth-order valence-electron chi connectivity index (χ4n) is 5.26. The molecule has 2 aliphatic rings. The average Bonchev–Trinajstić information content (AvgIpc) is 3.08. The number of hydrogen-bond acceptors (Lipinski definition) is 1. The van der Waals surface area contributed by atoms with Gasteiger partial charge in [-0.15, -0.1) is 0 Å². The zero-order valence-corrected chi connectivity index (χ0v) is 20.2. The molecule has 2 heteroatoms. The molecule has 0 saturated heterocycles. The molecule has 0 amide bonds. The first-order valence-corrected chi connectivity index (χ1v) is 11.4. The molecule has 0 radical (unpaired) electrons. The summed E-state index contributed by atoms with van der Waals surface area (Å²) < 4.78 is 2.44. The van der Waals surface area contributed by atoms with Gasteiger partial charge in [0.2, 0.25) is 11.0 Å². The Balaban J connectivity index is 2.52. The molecule has 0 saturated carbocycles. The van der Waals surface area contributed by atoms with Gasteiger partial charge in [-0.05, 0) is 82.1 Å². The highest BCUT2D eigenvalue weighted by molar-refractivity contribution is 5.75. The van der Waals surface area contributed by atoms with Crippen molar-refractivity contribution in [2.75, 3.05) is 0 Å². The minimum atomic E-state index is 0.600. The Morgan fingerprint density at radius 1 is 1.13 bits per heavy atom. The van der Waals surface area contributed by atoms with Crippen molar-refractivity contribution in [2.45, 2.75) is 73.8 Å². The Morgan fingerprint density at radius 3 is 2.37 bits per heavy atom. The van der Waals surface area contributed by atoms with Crippen LogP contribution >= 0.6 is 0 Å². The monoisotopic (exact) mass is 403 g/mol. The molecule has 0 unspecified atom stereocenters. The van der Waals surface area contributed by atoms with Gasteiger partial charge in [0, 0.05) is 11.3 Å². The van der Waals surface area contributed by atoms with E-state index in [4.69, 9.17) is 0 Å². The molecule has 0 bridgehead atoms. The van der Waals surface area contributed by atoms with Crippen LogP contribution in [0.2, 0.25) is 0 Å². The van der Waals surface area contributed by atoms with E-state index < -0.39 is 0 Å². The van der Waals surface area contributed by atoms with E-state index in [1.165, 1.54) is 56.2 Å². The summed E-state index contributed by atoms with van der Waals surface area (Å²) in [6.07, 6.45) is 11.3. The van der Waals surface area contributed by atoms with E-state index in [9.17, 15) is 0 Å². The van der Waals surface area contributed by atoms with Gasteiger partial charge in [-0.3, -0.25) is 0 Å². The summed E-state index contributed by atoms with van der Waals surface area (Å²) in [5.74, 6) is 0.600. The van der Waals surface area contributed by atoms with E-state index in [-0.39, 0.29) is 0 Å². The van der Waals surface area contributed by atoms with E-state index in [1.54, 1.807) is 0 Å². The van der Waals surface area contributed by atoms with Crippen LogP contribution in [0.25, 0.3) is 17.3 Å². The van der Waals surface area contributed by atoms with Crippen molar-refractivity contribution in [3.63, 3.8) is 0 Å². The second-order valence-corrected chi connectivity index (χ2v) is 9.32. The van der Waals surface area contributed by atoms with Crippen molar-refractivity contribution in [2.24, 2.45) is 13.0 Å². The van der Waals surface area contributed by atoms with E-state index in [1.807, 2.05) is 0 Å². The highest BCUT2D eigenvalue weighted by atomic mass is 15.2. The number of allylic oxidation sites excluding steroid dienone is 5. The fraction of sp³-hybridized carbons (Fsp3) is 0.464. The first-order valence-electron chi connectivity index (χ1n) is 11.4. The summed E-state index contributed by atoms with van der Waals surface area (Å²) in [6, 6.07) is 0. The number of rotatable bonds is 5. The van der Waals surface area contributed by atoms with E-state index in [0.29, 0.717) is 5.92 Å². The molecule has 1 aromatic rings. The lowest BCUT2D eigenvalue weighted by Crippen LogP contribution is -2.59. The zero-order chi connectivity index (χ0) is 22.2. The molecule has 1 aromatic heterocycles.